The van der Waals surface area contributed by atoms with E-state index in [1.54, 1.807) is 6.08 Å². The molecule has 1 aliphatic heterocycles. The molecular weight excluding hydrogens is 413 g/mol. The van der Waals surface area contributed by atoms with Gasteiger partial charge in [0.2, 0.25) is 0 Å². The van der Waals surface area contributed by atoms with Gasteiger partial charge in [-0.25, -0.2) is 4.39 Å². The second kappa shape index (κ2) is 7.92. The number of hydrogen-bond donors (Lipinski definition) is 1. The highest BCUT2D eigenvalue weighted by Crippen LogP contribution is 2.26. The minimum atomic E-state index is -0.561. The number of halogens is 1. The summed E-state index contributed by atoms with van der Waals surface area (Å²) in [5, 5.41) is 2.51. The lowest BCUT2D eigenvalue weighted by molar-refractivity contribution is -0.122. The summed E-state index contributed by atoms with van der Waals surface area (Å²) in [6.45, 7) is 5.94. The third kappa shape index (κ3) is 3.80. The first-order chi connectivity index (χ1) is 14.8. The van der Waals surface area contributed by atoms with Crippen molar-refractivity contribution in [1.82, 2.24) is 9.88 Å². The van der Waals surface area contributed by atoms with Gasteiger partial charge in [0, 0.05) is 17.1 Å². The van der Waals surface area contributed by atoms with Crippen LogP contribution in [0, 0.1) is 26.6 Å². The molecule has 1 aromatic heterocycles. The lowest BCUT2D eigenvalue weighted by Gasteiger charge is -2.28. The Morgan fingerprint density at radius 1 is 0.968 bits per heavy atom. The van der Waals surface area contributed by atoms with E-state index in [2.05, 4.69) is 16.0 Å². The molecule has 7 heteroatoms. The fraction of sp³-hybridized carbons (Fsp3) is 0.125. The summed E-state index contributed by atoms with van der Waals surface area (Å²) in [5.41, 5.74) is 5.12. The van der Waals surface area contributed by atoms with Crippen LogP contribution in [0.5, 0.6) is 0 Å². The SMILES string of the molecule is Cc1cccc(-n2c(C)cc(/C=C3\C(=O)NC(=S)N(c4ccc(F)cc4)C3=O)c2C)c1. The molecule has 156 valence electrons. The molecule has 5 nitrogen and oxygen atoms in total. The van der Waals surface area contributed by atoms with Crippen LogP contribution in [0.1, 0.15) is 22.5 Å². The van der Waals surface area contributed by atoms with Crippen LogP contribution in [-0.4, -0.2) is 21.5 Å². The second-order valence-corrected chi connectivity index (χ2v) is 7.82. The fourth-order valence-corrected chi connectivity index (χ4v) is 4.02. The van der Waals surface area contributed by atoms with E-state index in [0.29, 0.717) is 5.69 Å². The molecule has 1 fully saturated rings. The number of nitrogens with one attached hydrogen (secondary N) is 1. The summed E-state index contributed by atoms with van der Waals surface area (Å²) in [6.07, 6.45) is 1.57. The number of amides is 2. The first kappa shape index (κ1) is 20.7. The zero-order valence-electron chi connectivity index (χ0n) is 17.3. The topological polar surface area (TPSA) is 54.3 Å². The fourth-order valence-electron chi connectivity index (χ4n) is 3.74. The van der Waals surface area contributed by atoms with Crippen molar-refractivity contribution in [3.05, 3.63) is 88.5 Å². The monoisotopic (exact) mass is 433 g/mol. The van der Waals surface area contributed by atoms with E-state index >= 15 is 0 Å². The van der Waals surface area contributed by atoms with Gasteiger partial charge in [-0.15, -0.1) is 0 Å². The Labute approximate surface area is 184 Å². The molecule has 0 unspecified atom stereocenters. The van der Waals surface area contributed by atoms with Crippen LogP contribution < -0.4 is 10.2 Å². The van der Waals surface area contributed by atoms with Gasteiger partial charge in [0.1, 0.15) is 11.4 Å². The number of carbonyl (C=O) groups is 2. The van der Waals surface area contributed by atoms with E-state index in [1.165, 1.54) is 29.2 Å². The van der Waals surface area contributed by atoms with Gasteiger partial charge in [-0.05, 0) is 92.7 Å². The van der Waals surface area contributed by atoms with Gasteiger partial charge in [0.25, 0.3) is 11.8 Å². The van der Waals surface area contributed by atoms with Crippen molar-refractivity contribution in [3.8, 4) is 5.69 Å². The summed E-state index contributed by atoms with van der Waals surface area (Å²) in [4.78, 5) is 26.9. The molecule has 0 atom stereocenters. The van der Waals surface area contributed by atoms with E-state index in [0.717, 1.165) is 28.2 Å². The van der Waals surface area contributed by atoms with Gasteiger partial charge in [-0.2, -0.15) is 0 Å². The Balaban J connectivity index is 1.76. The highest BCUT2D eigenvalue weighted by atomic mass is 32.1. The highest BCUT2D eigenvalue weighted by Gasteiger charge is 2.34. The van der Waals surface area contributed by atoms with Crippen molar-refractivity contribution in [2.45, 2.75) is 20.8 Å². The normalized spacial score (nSPS) is 15.5. The molecule has 4 rings (SSSR count). The molecule has 3 aromatic rings. The predicted molar refractivity (Wildman–Crippen MR) is 123 cm³/mol. The smallest absolute Gasteiger partial charge is 0.270 e. The largest absolute Gasteiger partial charge is 0.318 e. The molecular formula is C24H20FN3O2S. The molecule has 2 amide bonds. The summed E-state index contributed by atoms with van der Waals surface area (Å²) in [6, 6.07) is 15.4. The molecule has 1 saturated heterocycles. The van der Waals surface area contributed by atoms with E-state index in [-0.39, 0.29) is 10.7 Å². The summed E-state index contributed by atoms with van der Waals surface area (Å²) in [5.74, 6) is -1.54. The third-order valence-electron chi connectivity index (χ3n) is 5.22. The maximum absolute atomic E-state index is 13.3. The molecule has 0 saturated carbocycles. The van der Waals surface area contributed by atoms with E-state index in [9.17, 15) is 14.0 Å². The van der Waals surface area contributed by atoms with Gasteiger partial charge in [-0.3, -0.25) is 19.8 Å². The minimum Gasteiger partial charge on any atom is -0.318 e. The maximum atomic E-state index is 13.3. The summed E-state index contributed by atoms with van der Waals surface area (Å²) >= 11 is 5.19. The van der Waals surface area contributed by atoms with Crippen LogP contribution >= 0.6 is 12.2 Å². The van der Waals surface area contributed by atoms with Gasteiger partial charge in [0.05, 0.1) is 5.69 Å². The Morgan fingerprint density at radius 2 is 1.68 bits per heavy atom. The minimum absolute atomic E-state index is 0.0380. The number of nitrogens with zero attached hydrogens (tertiary/aromatic N) is 2. The lowest BCUT2D eigenvalue weighted by atomic mass is 10.1. The van der Waals surface area contributed by atoms with Crippen LogP contribution in [0.4, 0.5) is 10.1 Å². The van der Waals surface area contributed by atoms with Crippen molar-refractivity contribution in [1.29, 1.82) is 0 Å². The molecule has 2 aromatic carbocycles. The lowest BCUT2D eigenvalue weighted by Crippen LogP contribution is -2.54. The van der Waals surface area contributed by atoms with Gasteiger partial charge in [0.15, 0.2) is 5.11 Å². The van der Waals surface area contributed by atoms with Crippen molar-refractivity contribution in [2.24, 2.45) is 0 Å². The average Bonchev–Trinajstić information content (AvgIpc) is 2.99. The number of thiocarbonyl (C=S) groups is 1. The number of benzene rings is 2. The van der Waals surface area contributed by atoms with E-state index < -0.39 is 17.6 Å². The van der Waals surface area contributed by atoms with Crippen molar-refractivity contribution in [3.63, 3.8) is 0 Å². The van der Waals surface area contributed by atoms with Crippen LogP contribution in [0.25, 0.3) is 11.8 Å². The molecule has 1 aliphatic rings. The van der Waals surface area contributed by atoms with Crippen LogP contribution in [-0.2, 0) is 9.59 Å². The Morgan fingerprint density at radius 3 is 2.35 bits per heavy atom. The Hall–Kier alpha value is -3.58. The third-order valence-corrected chi connectivity index (χ3v) is 5.50. The van der Waals surface area contributed by atoms with Gasteiger partial charge < -0.3 is 4.57 Å². The van der Waals surface area contributed by atoms with Gasteiger partial charge >= 0.3 is 0 Å². The van der Waals surface area contributed by atoms with Crippen molar-refractivity contribution in [2.75, 3.05) is 4.90 Å². The predicted octanol–water partition coefficient (Wildman–Crippen LogP) is 4.37. The van der Waals surface area contributed by atoms with E-state index in [4.69, 9.17) is 12.2 Å². The van der Waals surface area contributed by atoms with Crippen LogP contribution in [0.15, 0.2) is 60.2 Å². The molecule has 31 heavy (non-hydrogen) atoms. The number of anilines is 1. The first-order valence-electron chi connectivity index (χ1n) is 9.69. The molecule has 1 N–H and O–H groups in total. The standard InChI is InChI=1S/C24H20FN3O2S/c1-14-5-4-6-20(11-14)27-15(2)12-17(16(27)3)13-21-22(29)26-24(31)28(23(21)30)19-9-7-18(25)8-10-19/h4-13H,1-3H3,(H,26,29,31)/b21-13+. The summed E-state index contributed by atoms with van der Waals surface area (Å²) < 4.78 is 15.4. The molecule has 2 heterocycles. The van der Waals surface area contributed by atoms with E-state index in [1.807, 2.05) is 45.0 Å². The Bertz CT molecular complexity index is 1260. The van der Waals surface area contributed by atoms with Crippen molar-refractivity contribution < 1.29 is 14.0 Å². The number of aryl methyl sites for hydroxylation is 2. The Kier molecular flexibility index (Phi) is 5.29. The van der Waals surface area contributed by atoms with Crippen LogP contribution in [0.2, 0.25) is 0 Å². The average molecular weight is 434 g/mol. The number of rotatable bonds is 3. The molecule has 0 aliphatic carbocycles. The second-order valence-electron chi connectivity index (χ2n) is 7.44. The molecule has 0 bridgehead atoms. The molecule has 0 radical (unpaired) electrons. The zero-order valence-corrected chi connectivity index (χ0v) is 18.1. The first-order valence-corrected chi connectivity index (χ1v) is 10.1. The maximum Gasteiger partial charge on any atom is 0.270 e. The quantitative estimate of drug-likeness (QED) is 0.379. The summed E-state index contributed by atoms with van der Waals surface area (Å²) in [7, 11) is 0. The highest BCUT2D eigenvalue weighted by molar-refractivity contribution is 7.80. The number of carbonyl (C=O) groups excluding carboxylic acids is 2. The van der Waals surface area contributed by atoms with Gasteiger partial charge in [-0.1, -0.05) is 12.1 Å². The molecule has 0 spiro atoms. The zero-order chi connectivity index (χ0) is 22.3. The number of hydrogen-bond acceptors (Lipinski definition) is 3. The van der Waals surface area contributed by atoms with Crippen molar-refractivity contribution >= 4 is 40.9 Å². The number of aromatic nitrogens is 1. The van der Waals surface area contributed by atoms with Crippen LogP contribution in [0.3, 0.4) is 0 Å².